The number of hydrogen-bond donors (Lipinski definition) is 2. The highest BCUT2D eigenvalue weighted by atomic mass is 32.1. The molecule has 0 fully saturated rings. The topological polar surface area (TPSA) is 52.6 Å². The summed E-state index contributed by atoms with van der Waals surface area (Å²) in [6, 6.07) is 6.83. The van der Waals surface area contributed by atoms with E-state index in [0.717, 1.165) is 36.2 Å². The second-order valence-corrected chi connectivity index (χ2v) is 7.12. The highest BCUT2D eigenvalue weighted by molar-refractivity contribution is 7.11. The minimum Gasteiger partial charge on any atom is -0.372 e. The minimum absolute atomic E-state index is 0.190. The molecule has 0 aliphatic rings. The van der Waals surface area contributed by atoms with E-state index in [1.54, 1.807) is 30.5 Å². The Morgan fingerprint density at radius 1 is 1.28 bits per heavy atom. The van der Waals surface area contributed by atoms with E-state index >= 15 is 0 Å². The average molecular weight is 364 g/mol. The van der Waals surface area contributed by atoms with E-state index in [1.165, 1.54) is 10.9 Å². The molecule has 136 valence electrons. The molecule has 0 saturated heterocycles. The largest absolute Gasteiger partial charge is 0.372 e. The molecule has 2 N–H and O–H groups in total. The van der Waals surface area contributed by atoms with Gasteiger partial charge in [0.2, 0.25) is 0 Å². The quantitative estimate of drug-likeness (QED) is 0.451. The van der Waals surface area contributed by atoms with Gasteiger partial charge >= 0.3 is 0 Å². The van der Waals surface area contributed by atoms with Crippen molar-refractivity contribution in [3.8, 4) is 0 Å². The zero-order chi connectivity index (χ0) is 18.2. The number of aryl methyl sites for hydroxylation is 2. The van der Waals surface area contributed by atoms with Gasteiger partial charge in [-0.15, -0.1) is 11.3 Å². The van der Waals surface area contributed by atoms with Crippen molar-refractivity contribution in [1.29, 1.82) is 0 Å². The van der Waals surface area contributed by atoms with Crippen LogP contribution in [0.5, 0.6) is 0 Å². The van der Waals surface area contributed by atoms with E-state index in [1.807, 2.05) is 24.9 Å². The van der Waals surface area contributed by atoms with Crippen LogP contribution in [0, 0.1) is 19.7 Å². The van der Waals surface area contributed by atoms with Crippen LogP contribution in [0.15, 0.2) is 29.3 Å². The van der Waals surface area contributed by atoms with Crippen molar-refractivity contribution < 1.29 is 4.39 Å². The van der Waals surface area contributed by atoms with Gasteiger partial charge < -0.3 is 15.5 Å². The molecule has 1 aromatic heterocycles. The first kappa shape index (κ1) is 19.2. The van der Waals surface area contributed by atoms with Crippen LogP contribution in [0.25, 0.3) is 0 Å². The molecule has 5 nitrogen and oxygen atoms in total. The van der Waals surface area contributed by atoms with Crippen molar-refractivity contribution in [2.45, 2.75) is 26.8 Å². The van der Waals surface area contributed by atoms with Gasteiger partial charge in [0, 0.05) is 32.1 Å². The van der Waals surface area contributed by atoms with Crippen LogP contribution in [-0.4, -0.2) is 38.1 Å². The molecule has 1 aromatic carbocycles. The average Bonchev–Trinajstić information content (AvgIpc) is 2.92. The third kappa shape index (κ3) is 5.70. The lowest BCUT2D eigenvalue weighted by Crippen LogP contribution is -2.38. The van der Waals surface area contributed by atoms with Crippen molar-refractivity contribution in [3.63, 3.8) is 0 Å². The monoisotopic (exact) mass is 363 g/mol. The van der Waals surface area contributed by atoms with Crippen LogP contribution in [-0.2, 0) is 6.54 Å². The van der Waals surface area contributed by atoms with E-state index < -0.39 is 0 Å². The molecule has 0 atom stereocenters. The number of halogens is 1. The molecular formula is C18H26FN5S. The van der Waals surface area contributed by atoms with Crippen molar-refractivity contribution in [2.24, 2.45) is 4.99 Å². The summed E-state index contributed by atoms with van der Waals surface area (Å²) in [7, 11) is 3.65. The Hall–Kier alpha value is -2.15. The Morgan fingerprint density at radius 2 is 2.04 bits per heavy atom. The number of anilines is 1. The molecule has 0 radical (unpaired) electrons. The molecule has 1 heterocycles. The van der Waals surface area contributed by atoms with Crippen LogP contribution in [0.3, 0.4) is 0 Å². The number of para-hydroxylation sites is 1. The predicted molar refractivity (Wildman–Crippen MR) is 104 cm³/mol. The number of benzene rings is 1. The molecule has 2 aromatic rings. The number of nitrogens with zero attached hydrogens (tertiary/aromatic N) is 3. The summed E-state index contributed by atoms with van der Waals surface area (Å²) in [4.78, 5) is 11.9. The molecule has 0 saturated carbocycles. The lowest BCUT2D eigenvalue weighted by Gasteiger charge is -2.20. The van der Waals surface area contributed by atoms with Gasteiger partial charge in [-0.3, -0.25) is 4.99 Å². The molecular weight excluding hydrogens is 337 g/mol. The van der Waals surface area contributed by atoms with E-state index in [2.05, 4.69) is 27.5 Å². The summed E-state index contributed by atoms with van der Waals surface area (Å²) in [5, 5.41) is 7.60. The van der Waals surface area contributed by atoms with Gasteiger partial charge in [-0.1, -0.05) is 12.1 Å². The van der Waals surface area contributed by atoms with Gasteiger partial charge in [0.25, 0.3) is 0 Å². The zero-order valence-electron chi connectivity index (χ0n) is 15.3. The van der Waals surface area contributed by atoms with Crippen LogP contribution in [0.1, 0.15) is 22.0 Å². The molecule has 2 rings (SSSR count). The van der Waals surface area contributed by atoms with Crippen LogP contribution in [0.4, 0.5) is 10.1 Å². The number of aromatic nitrogens is 1. The van der Waals surface area contributed by atoms with E-state index in [4.69, 9.17) is 0 Å². The van der Waals surface area contributed by atoms with E-state index in [9.17, 15) is 4.39 Å². The molecule has 0 aliphatic heterocycles. The molecule has 7 heteroatoms. The van der Waals surface area contributed by atoms with Crippen LogP contribution < -0.4 is 15.5 Å². The number of rotatable bonds is 7. The Morgan fingerprint density at radius 3 is 2.68 bits per heavy atom. The molecule has 25 heavy (non-hydrogen) atoms. The fourth-order valence-corrected chi connectivity index (χ4v) is 3.27. The summed E-state index contributed by atoms with van der Waals surface area (Å²) < 4.78 is 13.7. The van der Waals surface area contributed by atoms with Gasteiger partial charge in [0.15, 0.2) is 5.96 Å². The molecule has 0 amide bonds. The molecule has 0 aliphatic carbocycles. The third-order valence-electron chi connectivity index (χ3n) is 3.93. The summed E-state index contributed by atoms with van der Waals surface area (Å²) in [5.41, 5.74) is 1.71. The lowest BCUT2D eigenvalue weighted by molar-refractivity contribution is 0.619. The summed E-state index contributed by atoms with van der Waals surface area (Å²) >= 11 is 1.70. The van der Waals surface area contributed by atoms with Gasteiger partial charge in [0.1, 0.15) is 10.8 Å². The Balaban J connectivity index is 1.71. The lowest BCUT2D eigenvalue weighted by atomic mass is 10.2. The Labute approximate surface area is 153 Å². The van der Waals surface area contributed by atoms with Gasteiger partial charge in [-0.2, -0.15) is 0 Å². The first-order valence-corrected chi connectivity index (χ1v) is 9.16. The number of hydrogen-bond acceptors (Lipinski definition) is 4. The first-order chi connectivity index (χ1) is 12.0. The Kier molecular flexibility index (Phi) is 7.18. The molecule has 0 bridgehead atoms. The Bertz CT molecular complexity index is 694. The fourth-order valence-electron chi connectivity index (χ4n) is 2.40. The maximum absolute atomic E-state index is 13.7. The number of thiazole rings is 1. The third-order valence-corrected chi connectivity index (χ3v) is 5.00. The summed E-state index contributed by atoms with van der Waals surface area (Å²) in [6.07, 6.45) is 0.876. The zero-order valence-corrected chi connectivity index (χ0v) is 16.1. The number of nitrogens with one attached hydrogen (secondary N) is 2. The van der Waals surface area contributed by atoms with Crippen molar-refractivity contribution >= 4 is 23.0 Å². The van der Waals surface area contributed by atoms with E-state index in [0.29, 0.717) is 12.2 Å². The SMILES string of the molecule is CN=C(NCCCN(C)c1ccccc1F)NCc1nc(C)c(C)s1. The van der Waals surface area contributed by atoms with Gasteiger partial charge in [-0.25, -0.2) is 9.37 Å². The van der Waals surface area contributed by atoms with Crippen LogP contribution in [0.2, 0.25) is 0 Å². The minimum atomic E-state index is -0.190. The molecule has 0 unspecified atom stereocenters. The predicted octanol–water partition coefficient (Wildman–Crippen LogP) is 3.09. The normalized spacial score (nSPS) is 11.5. The van der Waals surface area contributed by atoms with Crippen LogP contribution >= 0.6 is 11.3 Å². The second-order valence-electron chi connectivity index (χ2n) is 5.83. The summed E-state index contributed by atoms with van der Waals surface area (Å²) in [6.45, 7) is 6.28. The van der Waals surface area contributed by atoms with E-state index in [-0.39, 0.29) is 5.82 Å². The fraction of sp³-hybridized carbons (Fsp3) is 0.444. The van der Waals surface area contributed by atoms with Gasteiger partial charge in [-0.05, 0) is 32.4 Å². The second kappa shape index (κ2) is 9.36. The summed E-state index contributed by atoms with van der Waals surface area (Å²) in [5.74, 6) is 0.559. The van der Waals surface area contributed by atoms with Gasteiger partial charge in [0.05, 0.1) is 17.9 Å². The first-order valence-electron chi connectivity index (χ1n) is 8.34. The molecule has 0 spiro atoms. The smallest absolute Gasteiger partial charge is 0.191 e. The maximum Gasteiger partial charge on any atom is 0.191 e. The highest BCUT2D eigenvalue weighted by Crippen LogP contribution is 2.17. The van der Waals surface area contributed by atoms with Crippen molar-refractivity contribution in [3.05, 3.63) is 45.7 Å². The standard InChI is InChI=1S/C18H26FN5S/c1-13-14(2)25-17(23-13)12-22-18(20-3)21-10-7-11-24(4)16-9-6-5-8-15(16)19/h5-6,8-9H,7,10-12H2,1-4H3,(H2,20,21,22). The number of guanidine groups is 1. The maximum atomic E-state index is 13.7. The highest BCUT2D eigenvalue weighted by Gasteiger charge is 2.07. The van der Waals surface area contributed by atoms with Crippen molar-refractivity contribution in [2.75, 3.05) is 32.1 Å². The van der Waals surface area contributed by atoms with Crippen molar-refractivity contribution in [1.82, 2.24) is 15.6 Å². The number of aliphatic imine (C=N–C) groups is 1.